The number of nitrogens with zero attached hydrogens (tertiary/aromatic N) is 3. The van der Waals surface area contributed by atoms with Crippen LogP contribution in [0.3, 0.4) is 0 Å². The summed E-state index contributed by atoms with van der Waals surface area (Å²) in [5, 5.41) is 1.24. The average molecular weight is 270 g/mol. The number of aliphatic imine (C=N–C) groups is 2. The van der Waals surface area contributed by atoms with E-state index < -0.39 is 0 Å². The van der Waals surface area contributed by atoms with Crippen molar-refractivity contribution in [2.75, 3.05) is 7.05 Å². The standard InChI is InChI=1S/C16H22N4/c1-10(2)14-9-20(5)15-7-6-12(8-13(14)15)16(17)19-11(3)18-4/h6-10H,1-5H3,(H2,17,18,19). The zero-order chi connectivity index (χ0) is 14.9. The minimum absolute atomic E-state index is 0.478. The molecule has 0 aliphatic rings. The van der Waals surface area contributed by atoms with E-state index in [-0.39, 0.29) is 0 Å². The van der Waals surface area contributed by atoms with Crippen LogP contribution < -0.4 is 5.73 Å². The van der Waals surface area contributed by atoms with Gasteiger partial charge in [-0.05, 0) is 36.6 Å². The largest absolute Gasteiger partial charge is 0.383 e. The van der Waals surface area contributed by atoms with Crippen molar-refractivity contribution < 1.29 is 0 Å². The summed E-state index contributed by atoms with van der Waals surface area (Å²) in [6, 6.07) is 6.22. The molecule has 20 heavy (non-hydrogen) atoms. The first-order chi connectivity index (χ1) is 9.43. The highest BCUT2D eigenvalue weighted by atomic mass is 14.9. The maximum absolute atomic E-state index is 6.06. The lowest BCUT2D eigenvalue weighted by Crippen LogP contribution is -2.15. The average Bonchev–Trinajstić information content (AvgIpc) is 2.75. The fourth-order valence-electron chi connectivity index (χ4n) is 2.33. The quantitative estimate of drug-likeness (QED) is 0.661. The molecule has 0 saturated carbocycles. The second kappa shape index (κ2) is 5.49. The highest BCUT2D eigenvalue weighted by Gasteiger charge is 2.11. The molecule has 0 atom stereocenters. The summed E-state index contributed by atoms with van der Waals surface area (Å²) >= 11 is 0. The van der Waals surface area contributed by atoms with Crippen molar-refractivity contribution in [1.29, 1.82) is 0 Å². The lowest BCUT2D eigenvalue weighted by Gasteiger charge is -2.05. The van der Waals surface area contributed by atoms with E-state index in [2.05, 4.69) is 53.8 Å². The van der Waals surface area contributed by atoms with Crippen molar-refractivity contribution in [3.05, 3.63) is 35.5 Å². The van der Waals surface area contributed by atoms with Gasteiger partial charge in [0.05, 0.1) is 0 Å². The van der Waals surface area contributed by atoms with Crippen LogP contribution in [0.15, 0.2) is 34.4 Å². The number of amidine groups is 2. The predicted octanol–water partition coefficient (Wildman–Crippen LogP) is 3.06. The smallest absolute Gasteiger partial charge is 0.132 e. The molecule has 2 rings (SSSR count). The van der Waals surface area contributed by atoms with E-state index in [0.717, 1.165) is 5.56 Å². The molecule has 1 aromatic heterocycles. The molecule has 0 aliphatic carbocycles. The molecular formula is C16H22N4. The minimum atomic E-state index is 0.478. The van der Waals surface area contributed by atoms with Crippen molar-refractivity contribution in [2.45, 2.75) is 26.7 Å². The number of benzene rings is 1. The van der Waals surface area contributed by atoms with Gasteiger partial charge in [-0.2, -0.15) is 0 Å². The van der Waals surface area contributed by atoms with Gasteiger partial charge in [0.2, 0.25) is 0 Å². The van der Waals surface area contributed by atoms with E-state index in [1.165, 1.54) is 16.5 Å². The topological polar surface area (TPSA) is 55.7 Å². The molecule has 1 aromatic carbocycles. The molecule has 4 heteroatoms. The molecule has 2 aromatic rings. The summed E-state index contributed by atoms with van der Waals surface area (Å²) in [7, 11) is 3.78. The van der Waals surface area contributed by atoms with Crippen LogP contribution in [0.1, 0.15) is 37.8 Å². The zero-order valence-corrected chi connectivity index (χ0v) is 12.8. The molecule has 0 saturated heterocycles. The Morgan fingerprint density at radius 1 is 1.30 bits per heavy atom. The number of rotatable bonds is 2. The molecular weight excluding hydrogens is 248 g/mol. The highest BCUT2D eigenvalue weighted by molar-refractivity contribution is 6.06. The third-order valence-corrected chi connectivity index (χ3v) is 3.54. The number of fused-ring (bicyclic) bond motifs is 1. The molecule has 0 unspecified atom stereocenters. The Morgan fingerprint density at radius 3 is 2.60 bits per heavy atom. The van der Waals surface area contributed by atoms with Crippen molar-refractivity contribution in [1.82, 2.24) is 4.57 Å². The first-order valence-electron chi connectivity index (χ1n) is 6.81. The van der Waals surface area contributed by atoms with Crippen LogP contribution in [-0.4, -0.2) is 23.3 Å². The summed E-state index contributed by atoms with van der Waals surface area (Å²) in [6.07, 6.45) is 2.19. The summed E-state index contributed by atoms with van der Waals surface area (Å²) in [4.78, 5) is 8.30. The van der Waals surface area contributed by atoms with Gasteiger partial charge in [-0.25, -0.2) is 4.99 Å². The van der Waals surface area contributed by atoms with Crippen LogP contribution in [0.2, 0.25) is 0 Å². The Bertz CT molecular complexity index is 690. The van der Waals surface area contributed by atoms with Crippen molar-refractivity contribution in [3.63, 3.8) is 0 Å². The van der Waals surface area contributed by atoms with Crippen molar-refractivity contribution >= 4 is 22.6 Å². The maximum atomic E-state index is 6.06. The van der Waals surface area contributed by atoms with Crippen LogP contribution in [0.25, 0.3) is 10.9 Å². The number of hydrogen-bond donors (Lipinski definition) is 1. The molecule has 0 aliphatic heterocycles. The molecule has 0 amide bonds. The van der Waals surface area contributed by atoms with Crippen LogP contribution in [0.5, 0.6) is 0 Å². The number of aromatic nitrogens is 1. The van der Waals surface area contributed by atoms with Gasteiger partial charge in [0.1, 0.15) is 11.7 Å². The number of hydrogen-bond acceptors (Lipinski definition) is 1. The van der Waals surface area contributed by atoms with E-state index in [9.17, 15) is 0 Å². The summed E-state index contributed by atoms with van der Waals surface area (Å²) in [5.41, 5.74) is 9.54. The van der Waals surface area contributed by atoms with Crippen LogP contribution in [0.4, 0.5) is 0 Å². The SMILES string of the molecule is CN=C(C)N=C(N)c1ccc2c(c1)c(C(C)C)cn2C. The normalized spacial score (nSPS) is 13.5. The third-order valence-electron chi connectivity index (χ3n) is 3.54. The Hall–Kier alpha value is -2.10. The molecule has 1 heterocycles. The van der Waals surface area contributed by atoms with E-state index in [4.69, 9.17) is 5.73 Å². The van der Waals surface area contributed by atoms with Crippen LogP contribution >= 0.6 is 0 Å². The van der Waals surface area contributed by atoms with E-state index in [0.29, 0.717) is 17.6 Å². The summed E-state index contributed by atoms with van der Waals surface area (Å²) in [6.45, 7) is 6.24. The van der Waals surface area contributed by atoms with E-state index >= 15 is 0 Å². The Morgan fingerprint density at radius 2 is 2.00 bits per heavy atom. The van der Waals surface area contributed by atoms with Gasteiger partial charge < -0.3 is 10.3 Å². The van der Waals surface area contributed by atoms with Gasteiger partial charge in [0.25, 0.3) is 0 Å². The van der Waals surface area contributed by atoms with Crippen LogP contribution in [0, 0.1) is 0 Å². The molecule has 0 radical (unpaired) electrons. The lowest BCUT2D eigenvalue weighted by molar-refractivity contribution is 0.857. The fourth-order valence-corrected chi connectivity index (χ4v) is 2.33. The third kappa shape index (κ3) is 2.59. The van der Waals surface area contributed by atoms with E-state index in [1.54, 1.807) is 7.05 Å². The van der Waals surface area contributed by atoms with E-state index in [1.807, 2.05) is 13.0 Å². The fraction of sp³-hybridized carbons (Fsp3) is 0.375. The van der Waals surface area contributed by atoms with Crippen molar-refractivity contribution in [3.8, 4) is 0 Å². The molecule has 2 N–H and O–H groups in total. The van der Waals surface area contributed by atoms with Gasteiger partial charge in [-0.1, -0.05) is 13.8 Å². The molecule has 0 bridgehead atoms. The van der Waals surface area contributed by atoms with Gasteiger partial charge in [0, 0.05) is 36.8 Å². The maximum Gasteiger partial charge on any atom is 0.132 e. The second-order valence-corrected chi connectivity index (χ2v) is 5.35. The number of aryl methyl sites for hydroxylation is 1. The summed E-state index contributed by atoms with van der Waals surface area (Å²) < 4.78 is 2.15. The molecule has 0 spiro atoms. The predicted molar refractivity (Wildman–Crippen MR) is 86.8 cm³/mol. The minimum Gasteiger partial charge on any atom is -0.383 e. The van der Waals surface area contributed by atoms with Gasteiger partial charge >= 0.3 is 0 Å². The molecule has 0 fully saturated rings. The Labute approximate surface area is 120 Å². The molecule has 106 valence electrons. The monoisotopic (exact) mass is 270 g/mol. The van der Waals surface area contributed by atoms with Crippen molar-refractivity contribution in [2.24, 2.45) is 22.8 Å². The zero-order valence-electron chi connectivity index (χ0n) is 12.8. The Balaban J connectivity index is 2.58. The molecule has 4 nitrogen and oxygen atoms in total. The van der Waals surface area contributed by atoms with Gasteiger partial charge in [0.15, 0.2) is 0 Å². The highest BCUT2D eigenvalue weighted by Crippen LogP contribution is 2.27. The first kappa shape index (κ1) is 14.3. The summed E-state index contributed by atoms with van der Waals surface area (Å²) in [5.74, 6) is 1.67. The Kier molecular flexibility index (Phi) is 3.93. The first-order valence-corrected chi connectivity index (χ1v) is 6.81. The lowest BCUT2D eigenvalue weighted by atomic mass is 10.0. The van der Waals surface area contributed by atoms with Gasteiger partial charge in [-0.3, -0.25) is 4.99 Å². The van der Waals surface area contributed by atoms with Gasteiger partial charge in [-0.15, -0.1) is 0 Å². The van der Waals surface area contributed by atoms with Crippen LogP contribution in [-0.2, 0) is 7.05 Å². The second-order valence-electron chi connectivity index (χ2n) is 5.35. The number of nitrogens with two attached hydrogens (primary N) is 1.